The van der Waals surface area contributed by atoms with Gasteiger partial charge in [-0.2, -0.15) is 0 Å². The van der Waals surface area contributed by atoms with E-state index in [-0.39, 0.29) is 0 Å². The summed E-state index contributed by atoms with van der Waals surface area (Å²) < 4.78 is 32.5. The molecule has 1 unspecified atom stereocenters. The minimum absolute atomic E-state index is 0.312. The van der Waals surface area contributed by atoms with Gasteiger partial charge in [0.05, 0.1) is 18.8 Å². The molecular formula is C12H16F2N2O. The number of nitrogens with zero attached hydrogens (tertiary/aromatic N) is 1. The molecule has 3 nitrogen and oxygen atoms in total. The second-order valence-electron chi connectivity index (χ2n) is 4.33. The Morgan fingerprint density at radius 1 is 1.41 bits per heavy atom. The maximum Gasteiger partial charge on any atom is 0.128 e. The van der Waals surface area contributed by atoms with Gasteiger partial charge in [-0.15, -0.1) is 0 Å². The summed E-state index contributed by atoms with van der Waals surface area (Å²) in [4.78, 5) is 0. The summed E-state index contributed by atoms with van der Waals surface area (Å²) >= 11 is 0. The lowest BCUT2D eigenvalue weighted by Gasteiger charge is -2.44. The van der Waals surface area contributed by atoms with Crippen LogP contribution in [0.25, 0.3) is 0 Å². The molecule has 0 bridgehead atoms. The van der Waals surface area contributed by atoms with Crippen LogP contribution in [-0.4, -0.2) is 31.8 Å². The first kappa shape index (κ1) is 12.4. The van der Waals surface area contributed by atoms with Crippen LogP contribution in [0.5, 0.6) is 0 Å². The predicted octanol–water partition coefficient (Wildman–Crippen LogP) is 1.65. The molecule has 0 aromatic heterocycles. The Labute approximate surface area is 99.3 Å². The number of hydrogen-bond donors (Lipinski definition) is 1. The highest BCUT2D eigenvalue weighted by Gasteiger charge is 2.38. The molecule has 17 heavy (non-hydrogen) atoms. The predicted molar refractivity (Wildman–Crippen MR) is 60.3 cm³/mol. The van der Waals surface area contributed by atoms with E-state index < -0.39 is 17.2 Å². The molecule has 0 aliphatic carbocycles. The number of hydrazine groups is 1. The van der Waals surface area contributed by atoms with Gasteiger partial charge in [0.1, 0.15) is 11.6 Å². The van der Waals surface area contributed by atoms with Crippen LogP contribution >= 0.6 is 0 Å². The average molecular weight is 242 g/mol. The summed E-state index contributed by atoms with van der Waals surface area (Å²) in [5.41, 5.74) is 2.62. The van der Waals surface area contributed by atoms with Gasteiger partial charge >= 0.3 is 0 Å². The van der Waals surface area contributed by atoms with Gasteiger partial charge in [0.25, 0.3) is 0 Å². The number of benzene rings is 1. The highest BCUT2D eigenvalue weighted by atomic mass is 19.1. The Balaban J connectivity index is 2.44. The lowest BCUT2D eigenvalue weighted by molar-refractivity contribution is -0.0877. The molecule has 1 saturated heterocycles. The van der Waals surface area contributed by atoms with Crippen LogP contribution < -0.4 is 5.43 Å². The Bertz CT molecular complexity index is 413. The minimum atomic E-state index is -0.695. The zero-order chi connectivity index (χ0) is 12.5. The molecule has 1 aromatic carbocycles. The zero-order valence-corrected chi connectivity index (χ0v) is 9.96. The fraction of sp³-hybridized carbons (Fsp3) is 0.500. The lowest BCUT2D eigenvalue weighted by atomic mass is 9.90. The monoisotopic (exact) mass is 242 g/mol. The minimum Gasteiger partial charge on any atom is -0.378 e. The van der Waals surface area contributed by atoms with E-state index in [1.54, 1.807) is 7.05 Å². The number of nitrogens with one attached hydrogen (secondary N) is 1. The van der Waals surface area contributed by atoms with Crippen molar-refractivity contribution < 1.29 is 13.5 Å². The first-order chi connectivity index (χ1) is 8.08. The molecular weight excluding hydrogens is 226 g/mol. The van der Waals surface area contributed by atoms with E-state index in [0.29, 0.717) is 25.3 Å². The van der Waals surface area contributed by atoms with Crippen molar-refractivity contribution in [3.05, 3.63) is 35.4 Å². The number of ether oxygens (including phenoxy) is 1. The van der Waals surface area contributed by atoms with Crippen molar-refractivity contribution in [2.75, 3.05) is 26.8 Å². The molecule has 0 amide bonds. The Hall–Kier alpha value is -1.04. The van der Waals surface area contributed by atoms with E-state index in [0.717, 1.165) is 12.1 Å². The lowest BCUT2D eigenvalue weighted by Crippen LogP contribution is -2.57. The molecule has 0 saturated carbocycles. The largest absolute Gasteiger partial charge is 0.378 e. The Kier molecular flexibility index (Phi) is 3.42. The van der Waals surface area contributed by atoms with Crippen molar-refractivity contribution in [3.8, 4) is 0 Å². The van der Waals surface area contributed by atoms with Crippen LogP contribution in [0.1, 0.15) is 12.5 Å². The Morgan fingerprint density at radius 3 is 2.88 bits per heavy atom. The molecule has 1 atom stereocenters. The van der Waals surface area contributed by atoms with Crippen molar-refractivity contribution in [1.29, 1.82) is 0 Å². The van der Waals surface area contributed by atoms with Crippen molar-refractivity contribution in [1.82, 2.24) is 10.4 Å². The molecule has 1 N–H and O–H groups in total. The highest BCUT2D eigenvalue weighted by molar-refractivity contribution is 5.27. The van der Waals surface area contributed by atoms with Gasteiger partial charge in [-0.25, -0.2) is 13.8 Å². The standard InChI is InChI=1S/C12H16F2N2O/c1-12(8-17-6-5-16(12)15-2)10-7-9(13)3-4-11(10)14/h3-4,7,15H,5-6,8H2,1-2H3. The maximum absolute atomic E-state index is 13.8. The normalized spacial score (nSPS) is 26.1. The van der Waals surface area contributed by atoms with Gasteiger partial charge in [0.15, 0.2) is 0 Å². The van der Waals surface area contributed by atoms with Crippen LogP contribution in [0.3, 0.4) is 0 Å². The summed E-state index contributed by atoms with van der Waals surface area (Å²) in [5.74, 6) is -0.857. The third-order valence-electron chi connectivity index (χ3n) is 3.22. The van der Waals surface area contributed by atoms with Crippen molar-refractivity contribution in [2.45, 2.75) is 12.5 Å². The van der Waals surface area contributed by atoms with E-state index in [9.17, 15) is 8.78 Å². The molecule has 5 heteroatoms. The van der Waals surface area contributed by atoms with Gasteiger partial charge < -0.3 is 4.74 Å². The van der Waals surface area contributed by atoms with E-state index in [2.05, 4.69) is 5.43 Å². The second-order valence-corrected chi connectivity index (χ2v) is 4.33. The van der Waals surface area contributed by atoms with Gasteiger partial charge in [-0.1, -0.05) is 0 Å². The molecule has 1 aliphatic heterocycles. The van der Waals surface area contributed by atoms with Crippen LogP contribution in [0.15, 0.2) is 18.2 Å². The topological polar surface area (TPSA) is 24.5 Å². The third-order valence-corrected chi connectivity index (χ3v) is 3.22. The van der Waals surface area contributed by atoms with Gasteiger partial charge in [0, 0.05) is 12.1 Å². The molecule has 1 fully saturated rings. The third kappa shape index (κ3) is 2.18. The number of hydrogen-bond acceptors (Lipinski definition) is 3. The number of halogens is 2. The number of rotatable bonds is 2. The molecule has 94 valence electrons. The SMILES string of the molecule is CNN1CCOCC1(C)c1cc(F)ccc1F. The highest BCUT2D eigenvalue weighted by Crippen LogP contribution is 2.31. The van der Waals surface area contributed by atoms with E-state index in [4.69, 9.17) is 4.74 Å². The second kappa shape index (κ2) is 4.68. The summed E-state index contributed by atoms with van der Waals surface area (Å²) in [5, 5.41) is 1.87. The summed E-state index contributed by atoms with van der Waals surface area (Å²) in [6.45, 7) is 3.37. The fourth-order valence-corrected chi connectivity index (χ4v) is 2.24. The van der Waals surface area contributed by atoms with E-state index in [1.165, 1.54) is 6.07 Å². The van der Waals surface area contributed by atoms with Crippen LogP contribution in [0, 0.1) is 11.6 Å². The maximum atomic E-state index is 13.8. The first-order valence-electron chi connectivity index (χ1n) is 5.56. The van der Waals surface area contributed by atoms with Gasteiger partial charge in [-0.3, -0.25) is 5.43 Å². The molecule has 2 rings (SSSR count). The van der Waals surface area contributed by atoms with E-state index in [1.807, 2.05) is 11.9 Å². The molecule has 0 radical (unpaired) electrons. The summed E-state index contributed by atoms with van der Waals surface area (Å²) in [6.07, 6.45) is 0. The zero-order valence-electron chi connectivity index (χ0n) is 9.96. The summed E-state index contributed by atoms with van der Waals surface area (Å²) in [7, 11) is 1.76. The summed E-state index contributed by atoms with van der Waals surface area (Å²) in [6, 6.07) is 3.50. The van der Waals surface area contributed by atoms with Crippen molar-refractivity contribution in [3.63, 3.8) is 0 Å². The van der Waals surface area contributed by atoms with Crippen molar-refractivity contribution >= 4 is 0 Å². The first-order valence-corrected chi connectivity index (χ1v) is 5.56. The van der Waals surface area contributed by atoms with E-state index >= 15 is 0 Å². The number of morpholine rings is 1. The molecule has 0 spiro atoms. The average Bonchev–Trinajstić information content (AvgIpc) is 2.33. The molecule has 1 aliphatic rings. The van der Waals surface area contributed by atoms with Crippen LogP contribution in [0.4, 0.5) is 8.78 Å². The van der Waals surface area contributed by atoms with Crippen molar-refractivity contribution in [2.24, 2.45) is 0 Å². The van der Waals surface area contributed by atoms with Gasteiger partial charge in [0.2, 0.25) is 0 Å². The van der Waals surface area contributed by atoms with Crippen LogP contribution in [0.2, 0.25) is 0 Å². The van der Waals surface area contributed by atoms with Gasteiger partial charge in [-0.05, 0) is 32.2 Å². The molecule has 1 heterocycles. The fourth-order valence-electron chi connectivity index (χ4n) is 2.24. The quantitative estimate of drug-likeness (QED) is 0.853. The molecule has 1 aromatic rings. The van der Waals surface area contributed by atoms with Crippen LogP contribution in [-0.2, 0) is 10.3 Å². The smallest absolute Gasteiger partial charge is 0.128 e. The Morgan fingerprint density at radius 2 is 2.18 bits per heavy atom.